The molecule has 0 aromatic heterocycles. The summed E-state index contributed by atoms with van der Waals surface area (Å²) in [5.74, 6) is 0.143. The van der Waals surface area contributed by atoms with Gasteiger partial charge >= 0.3 is 6.08 Å². The van der Waals surface area contributed by atoms with E-state index in [0.717, 1.165) is 0 Å². The summed E-state index contributed by atoms with van der Waals surface area (Å²) in [6, 6.07) is 3.13. The molecule has 1 rings (SSSR count). The molecule has 0 bridgehead atoms. The van der Waals surface area contributed by atoms with E-state index in [2.05, 4.69) is 0 Å². The van der Waals surface area contributed by atoms with Gasteiger partial charge in [0.05, 0.1) is 0 Å². The number of phenolic OH excluding ortho intramolecular Hbond substituents is 1. The van der Waals surface area contributed by atoms with Gasteiger partial charge in [0.1, 0.15) is 5.75 Å². The van der Waals surface area contributed by atoms with Crippen molar-refractivity contribution in [2.24, 2.45) is 0 Å². The number of benzene rings is 1. The molecule has 0 fully saturated rings. The first-order chi connectivity index (χ1) is 9.34. The minimum absolute atomic E-state index is 0.143. The Labute approximate surface area is 128 Å². The highest BCUT2D eigenvalue weighted by molar-refractivity contribution is 8.02. The number of thioether (sulfide) groups is 1. The van der Waals surface area contributed by atoms with Gasteiger partial charge in [0.25, 0.3) is 0 Å². The first kappa shape index (κ1) is 18.0. The van der Waals surface area contributed by atoms with Gasteiger partial charge < -0.3 is 5.11 Å². The van der Waals surface area contributed by atoms with Gasteiger partial charge in [0, 0.05) is 16.0 Å². The van der Waals surface area contributed by atoms with Gasteiger partial charge in [-0.2, -0.15) is 13.2 Å². The van der Waals surface area contributed by atoms with Crippen LogP contribution in [0.2, 0.25) is 0 Å². The third kappa shape index (κ3) is 4.43. The van der Waals surface area contributed by atoms with E-state index < -0.39 is 11.2 Å². The van der Waals surface area contributed by atoms with Gasteiger partial charge in [-0.1, -0.05) is 53.3 Å². The summed E-state index contributed by atoms with van der Waals surface area (Å²) < 4.78 is 37.8. The second kappa shape index (κ2) is 5.95. The van der Waals surface area contributed by atoms with Crippen LogP contribution in [0.5, 0.6) is 5.75 Å². The van der Waals surface area contributed by atoms with Crippen LogP contribution in [-0.2, 0) is 10.8 Å². The third-order valence-electron chi connectivity index (χ3n) is 3.06. The van der Waals surface area contributed by atoms with Crippen LogP contribution in [0.1, 0.15) is 52.7 Å². The van der Waals surface area contributed by atoms with E-state index in [-0.39, 0.29) is 16.6 Å². The van der Waals surface area contributed by atoms with Crippen molar-refractivity contribution in [3.8, 4) is 5.75 Å². The molecule has 0 amide bonds. The molecule has 0 aliphatic carbocycles. The Hall–Kier alpha value is -1.10. The predicted octanol–water partition coefficient (Wildman–Crippen LogP) is 6.11. The molecule has 1 aromatic carbocycles. The van der Waals surface area contributed by atoms with Crippen molar-refractivity contribution in [3.05, 3.63) is 34.5 Å². The molecule has 1 nitrogen and oxygen atoms in total. The molecule has 118 valence electrons. The fraction of sp³-hybridized carbons (Fsp3) is 0.500. The average molecular weight is 318 g/mol. The van der Waals surface area contributed by atoms with Crippen molar-refractivity contribution in [2.45, 2.75) is 57.3 Å². The summed E-state index contributed by atoms with van der Waals surface area (Å²) >= 11 is 0.373. The molecule has 0 aliphatic heterocycles. The molecule has 1 N–H and O–H groups in total. The third-order valence-corrected chi connectivity index (χ3v) is 3.86. The maximum atomic E-state index is 13.2. The highest BCUT2D eigenvalue weighted by Crippen LogP contribution is 2.43. The van der Waals surface area contributed by atoms with Crippen LogP contribution in [0, 0.1) is 0 Å². The maximum absolute atomic E-state index is 13.2. The van der Waals surface area contributed by atoms with Crippen LogP contribution in [0.25, 0.3) is 0 Å². The lowest BCUT2D eigenvalue weighted by atomic mass is 9.79. The van der Waals surface area contributed by atoms with Gasteiger partial charge in [0.2, 0.25) is 5.16 Å². The summed E-state index contributed by atoms with van der Waals surface area (Å²) in [5, 5.41) is 8.95. The van der Waals surface area contributed by atoms with Crippen LogP contribution in [0.15, 0.2) is 28.3 Å². The Morgan fingerprint density at radius 3 is 1.57 bits per heavy atom. The lowest BCUT2D eigenvalue weighted by molar-refractivity contribution is 0.395. The van der Waals surface area contributed by atoms with E-state index in [4.69, 9.17) is 0 Å². The zero-order valence-electron chi connectivity index (χ0n) is 13.1. The van der Waals surface area contributed by atoms with Crippen LogP contribution < -0.4 is 0 Å². The van der Waals surface area contributed by atoms with Gasteiger partial charge in [-0.05, 0) is 23.0 Å². The van der Waals surface area contributed by atoms with Crippen LogP contribution >= 0.6 is 11.8 Å². The Balaban J connectivity index is 3.52. The topological polar surface area (TPSA) is 20.2 Å². The minimum atomic E-state index is -2.33. The summed E-state index contributed by atoms with van der Waals surface area (Å²) in [6.45, 7) is 11.4. The molecule has 0 saturated heterocycles. The molecule has 0 atom stereocenters. The Kier molecular flexibility index (Phi) is 5.09. The number of rotatable bonds is 2. The highest BCUT2D eigenvalue weighted by Gasteiger charge is 2.27. The number of aromatic hydroxyl groups is 1. The molecule has 0 heterocycles. The SMILES string of the molecule is CC(C)(C)c1cc(SC(F)=C(F)F)cc(C(C)(C)C)c1O. The van der Waals surface area contributed by atoms with Crippen LogP contribution in [-0.4, -0.2) is 5.11 Å². The second-order valence-corrected chi connectivity index (χ2v) is 8.04. The van der Waals surface area contributed by atoms with E-state index >= 15 is 0 Å². The standard InChI is InChI=1S/C16H21F3OS/c1-15(2,3)10-7-9(21-14(19)13(17)18)8-11(12(10)20)16(4,5)6/h7-8,20H,1-6H3. The van der Waals surface area contributed by atoms with E-state index in [9.17, 15) is 18.3 Å². The number of phenols is 1. The number of hydrogen-bond donors (Lipinski definition) is 1. The molecular weight excluding hydrogens is 297 g/mol. The monoisotopic (exact) mass is 318 g/mol. The molecule has 0 unspecified atom stereocenters. The maximum Gasteiger partial charge on any atom is 0.312 e. The van der Waals surface area contributed by atoms with Crippen molar-refractivity contribution in [3.63, 3.8) is 0 Å². The zero-order chi connectivity index (χ0) is 16.6. The normalized spacial score (nSPS) is 12.4. The van der Waals surface area contributed by atoms with E-state index in [1.165, 1.54) is 0 Å². The largest absolute Gasteiger partial charge is 0.507 e. The minimum Gasteiger partial charge on any atom is -0.507 e. The van der Waals surface area contributed by atoms with Crippen molar-refractivity contribution in [2.75, 3.05) is 0 Å². The van der Waals surface area contributed by atoms with Crippen molar-refractivity contribution < 1.29 is 18.3 Å². The quantitative estimate of drug-likeness (QED) is 0.663. The van der Waals surface area contributed by atoms with E-state index in [0.29, 0.717) is 27.8 Å². The smallest absolute Gasteiger partial charge is 0.312 e. The van der Waals surface area contributed by atoms with Crippen molar-refractivity contribution >= 4 is 11.8 Å². The van der Waals surface area contributed by atoms with Crippen molar-refractivity contribution in [1.82, 2.24) is 0 Å². The first-order valence-corrected chi connectivity index (χ1v) is 7.42. The molecule has 0 saturated carbocycles. The van der Waals surface area contributed by atoms with Gasteiger partial charge in [-0.25, -0.2) is 0 Å². The molecule has 0 radical (unpaired) electrons. The van der Waals surface area contributed by atoms with Crippen LogP contribution in [0.4, 0.5) is 13.2 Å². The summed E-state index contributed by atoms with van der Waals surface area (Å²) in [4.78, 5) is 0.355. The lowest BCUT2D eigenvalue weighted by Gasteiger charge is -2.28. The first-order valence-electron chi connectivity index (χ1n) is 6.60. The number of hydrogen-bond acceptors (Lipinski definition) is 2. The lowest BCUT2D eigenvalue weighted by Crippen LogP contribution is -2.17. The Morgan fingerprint density at radius 1 is 0.905 bits per heavy atom. The molecule has 5 heteroatoms. The molecule has 0 spiro atoms. The fourth-order valence-electron chi connectivity index (χ4n) is 1.95. The molecule has 21 heavy (non-hydrogen) atoms. The van der Waals surface area contributed by atoms with Crippen LogP contribution in [0.3, 0.4) is 0 Å². The zero-order valence-corrected chi connectivity index (χ0v) is 14.0. The van der Waals surface area contributed by atoms with E-state index in [1.807, 2.05) is 41.5 Å². The summed E-state index contributed by atoms with van der Waals surface area (Å²) in [5.41, 5.74) is 0.471. The number of halogens is 3. The van der Waals surface area contributed by atoms with E-state index in [1.54, 1.807) is 12.1 Å². The Bertz CT molecular complexity index is 527. The fourth-order valence-corrected chi connectivity index (χ4v) is 2.59. The Morgan fingerprint density at radius 2 is 1.29 bits per heavy atom. The highest BCUT2D eigenvalue weighted by atomic mass is 32.2. The second-order valence-electron chi connectivity index (χ2n) is 7.00. The van der Waals surface area contributed by atoms with Gasteiger partial charge in [-0.15, -0.1) is 0 Å². The summed E-state index contributed by atoms with van der Waals surface area (Å²) in [7, 11) is 0. The van der Waals surface area contributed by atoms with Crippen molar-refractivity contribution in [1.29, 1.82) is 0 Å². The molecule has 0 aliphatic rings. The predicted molar refractivity (Wildman–Crippen MR) is 81.7 cm³/mol. The summed E-state index contributed by atoms with van der Waals surface area (Å²) in [6.07, 6.45) is -2.33. The molecule has 1 aromatic rings. The average Bonchev–Trinajstić information content (AvgIpc) is 2.27. The molecular formula is C16H21F3OS. The van der Waals surface area contributed by atoms with Gasteiger partial charge in [0.15, 0.2) is 0 Å². The van der Waals surface area contributed by atoms with Gasteiger partial charge in [-0.3, -0.25) is 0 Å².